The van der Waals surface area contributed by atoms with E-state index in [2.05, 4.69) is 9.97 Å². The maximum Gasteiger partial charge on any atom is 0.340 e. The summed E-state index contributed by atoms with van der Waals surface area (Å²) in [5, 5.41) is 2.60. The minimum Gasteiger partial charge on any atom is -0.465 e. The summed E-state index contributed by atoms with van der Waals surface area (Å²) in [6, 6.07) is 7.61. The van der Waals surface area contributed by atoms with E-state index in [0.29, 0.717) is 16.9 Å². The molecule has 0 unspecified atom stereocenters. The molecule has 0 spiro atoms. The third-order valence-corrected chi connectivity index (χ3v) is 6.05. The standard InChI is InChI=1S/C22H18N2O5S/c1-10-15(21(26)28-3)17(16(11(2)23-10)22(27)29-4)13-9-30-20-12-7-5-6-8-14(12)24-18(20)19(13)25/h5-9,24H,1-4H3. The maximum atomic E-state index is 13.5. The highest BCUT2D eigenvalue weighted by Crippen LogP contribution is 2.34. The first-order chi connectivity index (χ1) is 14.4. The summed E-state index contributed by atoms with van der Waals surface area (Å²) in [7, 11) is 2.48. The third-order valence-electron chi connectivity index (χ3n) is 5.03. The Kier molecular flexibility index (Phi) is 4.87. The second kappa shape index (κ2) is 7.38. The number of H-pyrrole nitrogens is 1. The van der Waals surface area contributed by atoms with Crippen LogP contribution in [-0.4, -0.2) is 36.1 Å². The van der Waals surface area contributed by atoms with Gasteiger partial charge in [0.2, 0.25) is 5.43 Å². The molecule has 3 aromatic heterocycles. The summed E-state index contributed by atoms with van der Waals surface area (Å²) in [4.78, 5) is 46.2. The number of pyridine rings is 1. The fourth-order valence-corrected chi connectivity index (χ4v) is 4.73. The molecule has 1 N–H and O–H groups in total. The number of carbonyl (C=O) groups is 2. The van der Waals surface area contributed by atoms with Crippen LogP contribution < -0.4 is 5.43 Å². The van der Waals surface area contributed by atoms with Gasteiger partial charge in [-0.3, -0.25) is 9.78 Å². The molecule has 0 fully saturated rings. The van der Waals surface area contributed by atoms with Gasteiger partial charge in [0.15, 0.2) is 0 Å². The molecule has 0 bridgehead atoms. The molecule has 0 amide bonds. The van der Waals surface area contributed by atoms with Crippen molar-refractivity contribution in [1.29, 1.82) is 0 Å². The highest BCUT2D eigenvalue weighted by atomic mass is 32.1. The number of hydrogen-bond donors (Lipinski definition) is 1. The molecular weight excluding hydrogens is 404 g/mol. The first kappa shape index (κ1) is 19.8. The van der Waals surface area contributed by atoms with E-state index in [1.165, 1.54) is 25.6 Å². The summed E-state index contributed by atoms with van der Waals surface area (Å²) in [6.07, 6.45) is 0. The topological polar surface area (TPSA) is 98.3 Å². The SMILES string of the molecule is COC(=O)c1c(C)nc(C)c(C(=O)OC)c1-c1csc2c([nH]c3ccccc32)c1=O. The molecule has 1 aromatic carbocycles. The number of ether oxygens (including phenoxy) is 2. The summed E-state index contributed by atoms with van der Waals surface area (Å²) in [5.41, 5.74) is 2.20. The van der Waals surface area contributed by atoms with Crippen LogP contribution in [-0.2, 0) is 9.47 Å². The van der Waals surface area contributed by atoms with Gasteiger partial charge in [-0.1, -0.05) is 18.2 Å². The van der Waals surface area contributed by atoms with E-state index in [1.54, 1.807) is 19.2 Å². The number of para-hydroxylation sites is 1. The van der Waals surface area contributed by atoms with Crippen molar-refractivity contribution >= 4 is 44.4 Å². The molecule has 0 aliphatic heterocycles. The third kappa shape index (κ3) is 2.88. The van der Waals surface area contributed by atoms with Gasteiger partial charge in [0.1, 0.15) is 5.52 Å². The smallest absolute Gasteiger partial charge is 0.340 e. The van der Waals surface area contributed by atoms with Crippen molar-refractivity contribution < 1.29 is 19.1 Å². The van der Waals surface area contributed by atoms with Crippen molar-refractivity contribution in [2.75, 3.05) is 14.2 Å². The van der Waals surface area contributed by atoms with E-state index in [4.69, 9.17) is 9.47 Å². The Balaban J connectivity index is 2.16. The molecule has 4 aromatic rings. The lowest BCUT2D eigenvalue weighted by Gasteiger charge is -2.16. The normalized spacial score (nSPS) is 11.1. The quantitative estimate of drug-likeness (QED) is 0.501. The number of benzene rings is 1. The molecule has 0 saturated carbocycles. The minimum atomic E-state index is -0.679. The van der Waals surface area contributed by atoms with Gasteiger partial charge in [-0.05, 0) is 19.9 Å². The molecule has 8 heteroatoms. The van der Waals surface area contributed by atoms with Gasteiger partial charge in [0.05, 0.1) is 41.4 Å². The Morgan fingerprint density at radius 2 is 1.60 bits per heavy atom. The zero-order valence-corrected chi connectivity index (χ0v) is 17.6. The monoisotopic (exact) mass is 422 g/mol. The zero-order chi connectivity index (χ0) is 21.6. The van der Waals surface area contributed by atoms with Crippen LogP contribution in [0.5, 0.6) is 0 Å². The Hall–Kier alpha value is -3.52. The Labute approximate surface area is 175 Å². The molecular formula is C22H18N2O5S. The van der Waals surface area contributed by atoms with Gasteiger partial charge in [-0.15, -0.1) is 11.3 Å². The van der Waals surface area contributed by atoms with Gasteiger partial charge < -0.3 is 14.5 Å². The number of nitrogens with zero attached hydrogens (tertiary/aromatic N) is 1. The predicted molar refractivity (Wildman–Crippen MR) is 115 cm³/mol. The van der Waals surface area contributed by atoms with Crippen molar-refractivity contribution in [3.8, 4) is 11.1 Å². The van der Waals surface area contributed by atoms with Crippen LogP contribution in [0.3, 0.4) is 0 Å². The lowest BCUT2D eigenvalue weighted by Crippen LogP contribution is -2.18. The van der Waals surface area contributed by atoms with Gasteiger partial charge in [0.25, 0.3) is 0 Å². The highest BCUT2D eigenvalue weighted by molar-refractivity contribution is 7.18. The lowest BCUT2D eigenvalue weighted by molar-refractivity contribution is 0.0599. The fourth-order valence-electron chi connectivity index (χ4n) is 3.70. The first-order valence-electron chi connectivity index (χ1n) is 9.09. The van der Waals surface area contributed by atoms with Crippen LogP contribution >= 0.6 is 11.3 Å². The fraction of sp³-hybridized carbons (Fsp3) is 0.182. The average molecular weight is 422 g/mol. The van der Waals surface area contributed by atoms with Crippen molar-refractivity contribution in [2.45, 2.75) is 13.8 Å². The summed E-state index contributed by atoms with van der Waals surface area (Å²) < 4.78 is 10.7. The Morgan fingerprint density at radius 1 is 1.00 bits per heavy atom. The molecule has 7 nitrogen and oxygen atoms in total. The van der Waals surface area contributed by atoms with Crippen LogP contribution in [0.1, 0.15) is 32.1 Å². The van der Waals surface area contributed by atoms with E-state index >= 15 is 0 Å². The summed E-state index contributed by atoms with van der Waals surface area (Å²) in [6.45, 7) is 3.28. The zero-order valence-electron chi connectivity index (χ0n) is 16.8. The van der Waals surface area contributed by atoms with Gasteiger partial charge in [0, 0.05) is 27.4 Å². The number of aryl methyl sites for hydroxylation is 2. The molecule has 0 atom stereocenters. The van der Waals surface area contributed by atoms with E-state index in [-0.39, 0.29) is 27.7 Å². The van der Waals surface area contributed by atoms with Crippen molar-refractivity contribution in [3.63, 3.8) is 0 Å². The number of esters is 2. The number of aromatic nitrogens is 2. The second-order valence-corrected chi connectivity index (χ2v) is 7.62. The first-order valence-corrected chi connectivity index (χ1v) is 9.97. The highest BCUT2D eigenvalue weighted by Gasteiger charge is 2.29. The number of carbonyl (C=O) groups excluding carboxylic acids is 2. The van der Waals surface area contributed by atoms with Crippen LogP contribution in [0, 0.1) is 13.8 Å². The largest absolute Gasteiger partial charge is 0.465 e. The number of fused-ring (bicyclic) bond motifs is 3. The minimum absolute atomic E-state index is 0.0725. The molecule has 0 aliphatic carbocycles. The van der Waals surface area contributed by atoms with Crippen LogP contribution in [0.25, 0.3) is 32.2 Å². The number of nitrogens with one attached hydrogen (secondary N) is 1. The predicted octanol–water partition coefficient (Wildman–Crippen LogP) is 3.99. The molecule has 152 valence electrons. The van der Waals surface area contributed by atoms with Gasteiger partial charge >= 0.3 is 11.9 Å². The molecule has 0 aliphatic rings. The van der Waals surface area contributed by atoms with Crippen molar-refractivity contribution in [1.82, 2.24) is 9.97 Å². The van der Waals surface area contributed by atoms with E-state index in [0.717, 1.165) is 15.6 Å². The molecule has 4 rings (SSSR count). The molecule has 0 radical (unpaired) electrons. The van der Waals surface area contributed by atoms with E-state index < -0.39 is 11.9 Å². The number of methoxy groups -OCH3 is 2. The van der Waals surface area contributed by atoms with Crippen LogP contribution in [0.15, 0.2) is 34.4 Å². The van der Waals surface area contributed by atoms with Crippen molar-refractivity contribution in [2.24, 2.45) is 0 Å². The van der Waals surface area contributed by atoms with Crippen molar-refractivity contribution in [3.05, 3.63) is 62.4 Å². The number of hydrogen-bond acceptors (Lipinski definition) is 7. The number of aromatic amines is 1. The Morgan fingerprint density at radius 3 is 2.20 bits per heavy atom. The lowest BCUT2D eigenvalue weighted by atomic mass is 9.93. The van der Waals surface area contributed by atoms with E-state index in [1.807, 2.05) is 24.3 Å². The molecule has 3 heterocycles. The second-order valence-electron chi connectivity index (χ2n) is 6.74. The molecule has 0 saturated heterocycles. The van der Waals surface area contributed by atoms with Gasteiger partial charge in [-0.2, -0.15) is 0 Å². The number of rotatable bonds is 3. The molecule has 30 heavy (non-hydrogen) atoms. The van der Waals surface area contributed by atoms with E-state index in [9.17, 15) is 14.4 Å². The van der Waals surface area contributed by atoms with Gasteiger partial charge in [-0.25, -0.2) is 9.59 Å². The maximum absolute atomic E-state index is 13.5. The van der Waals surface area contributed by atoms with Crippen LogP contribution in [0.4, 0.5) is 0 Å². The summed E-state index contributed by atoms with van der Waals surface area (Å²) >= 11 is 1.36. The summed E-state index contributed by atoms with van der Waals surface area (Å²) in [5.74, 6) is -1.36. The van der Waals surface area contributed by atoms with Crippen LogP contribution in [0.2, 0.25) is 0 Å². The average Bonchev–Trinajstić information content (AvgIpc) is 3.12. The Bertz CT molecular complexity index is 1360.